The number of nitrogens with zero attached hydrogens (tertiary/aromatic N) is 3. The number of ether oxygens (including phenoxy) is 1. The summed E-state index contributed by atoms with van der Waals surface area (Å²) in [4.78, 5) is 22.7. The minimum Gasteiger partial charge on any atom is -0.378 e. The number of carbonyl (C=O) groups is 1. The Morgan fingerprint density at radius 1 is 1.38 bits per heavy atom. The Balaban J connectivity index is 1.66. The van der Waals surface area contributed by atoms with Gasteiger partial charge in [0.15, 0.2) is 0 Å². The molecule has 6 heteroatoms. The van der Waals surface area contributed by atoms with Gasteiger partial charge in [0.2, 0.25) is 0 Å². The van der Waals surface area contributed by atoms with E-state index >= 15 is 0 Å². The number of rotatable bonds is 3. The highest BCUT2D eigenvalue weighted by Crippen LogP contribution is 2.36. The third-order valence-corrected chi connectivity index (χ3v) is 4.51. The molecule has 114 valence electrons. The highest BCUT2D eigenvalue weighted by Gasteiger charge is 2.37. The number of carbonyl (C=O) groups excluding carboxylic acids is 1. The largest absolute Gasteiger partial charge is 0.378 e. The van der Waals surface area contributed by atoms with Gasteiger partial charge in [-0.1, -0.05) is 6.42 Å². The van der Waals surface area contributed by atoms with Crippen molar-refractivity contribution in [1.82, 2.24) is 14.9 Å². The molecule has 1 saturated carbocycles. The molecule has 0 aromatic carbocycles. The van der Waals surface area contributed by atoms with E-state index in [1.165, 1.54) is 25.6 Å². The molecule has 0 unspecified atom stereocenters. The van der Waals surface area contributed by atoms with Gasteiger partial charge >= 0.3 is 6.03 Å². The van der Waals surface area contributed by atoms with Crippen LogP contribution in [0, 0.1) is 5.92 Å². The fourth-order valence-corrected chi connectivity index (χ4v) is 3.58. The fraction of sp³-hybridized carbons (Fsp3) is 0.667. The Hall–Kier alpha value is -1.69. The first-order chi connectivity index (χ1) is 10.3. The van der Waals surface area contributed by atoms with Crippen LogP contribution in [-0.4, -0.2) is 40.6 Å². The second-order valence-electron chi connectivity index (χ2n) is 5.85. The van der Waals surface area contributed by atoms with E-state index in [1.807, 2.05) is 4.90 Å². The minimum absolute atomic E-state index is 0.0336. The normalized spacial score (nSPS) is 24.7. The maximum Gasteiger partial charge on any atom is 0.323 e. The van der Waals surface area contributed by atoms with E-state index < -0.39 is 0 Å². The molecule has 1 saturated heterocycles. The Bertz CT molecular complexity index is 508. The smallest absolute Gasteiger partial charge is 0.323 e. The number of fused-ring (bicyclic) bond motifs is 1. The zero-order valence-electron chi connectivity index (χ0n) is 12.4. The summed E-state index contributed by atoms with van der Waals surface area (Å²) in [6.07, 6.45) is 7.47. The van der Waals surface area contributed by atoms with Crippen molar-refractivity contribution in [2.24, 2.45) is 5.92 Å². The molecule has 2 atom stereocenters. The lowest BCUT2D eigenvalue weighted by Gasteiger charge is -2.37. The van der Waals surface area contributed by atoms with Crippen LogP contribution in [0.1, 0.15) is 37.8 Å². The Labute approximate surface area is 124 Å². The van der Waals surface area contributed by atoms with E-state index in [4.69, 9.17) is 4.74 Å². The molecule has 2 fully saturated rings. The van der Waals surface area contributed by atoms with Crippen LogP contribution in [-0.2, 0) is 11.3 Å². The number of anilines is 1. The van der Waals surface area contributed by atoms with Crippen molar-refractivity contribution >= 4 is 11.8 Å². The van der Waals surface area contributed by atoms with Crippen molar-refractivity contribution in [1.29, 1.82) is 0 Å². The van der Waals surface area contributed by atoms with E-state index in [0.29, 0.717) is 24.4 Å². The van der Waals surface area contributed by atoms with Crippen molar-refractivity contribution in [2.75, 3.05) is 19.0 Å². The molecular weight excluding hydrogens is 268 g/mol. The van der Waals surface area contributed by atoms with Crippen LogP contribution in [0.25, 0.3) is 0 Å². The molecule has 2 aliphatic rings. The number of hydrogen-bond donors (Lipinski definition) is 1. The van der Waals surface area contributed by atoms with Crippen LogP contribution < -0.4 is 5.32 Å². The molecule has 1 aromatic heterocycles. The van der Waals surface area contributed by atoms with Crippen molar-refractivity contribution < 1.29 is 9.53 Å². The Kier molecular flexibility index (Phi) is 4.34. The third-order valence-electron chi connectivity index (χ3n) is 4.51. The van der Waals surface area contributed by atoms with Crippen LogP contribution in [0.4, 0.5) is 10.6 Å². The summed E-state index contributed by atoms with van der Waals surface area (Å²) in [5.41, 5.74) is 0.764. The maximum atomic E-state index is 12.5. The van der Waals surface area contributed by atoms with Gasteiger partial charge in [0, 0.05) is 25.8 Å². The van der Waals surface area contributed by atoms with Gasteiger partial charge in [-0.05, 0) is 31.6 Å². The average molecular weight is 290 g/mol. The SMILES string of the molecule is COCc1cc(NC(=O)N2CCC[C@H]3CCC[C@H]32)ncn1. The third kappa shape index (κ3) is 3.15. The van der Waals surface area contributed by atoms with Gasteiger partial charge in [0.25, 0.3) is 0 Å². The first-order valence-corrected chi connectivity index (χ1v) is 7.65. The number of methoxy groups -OCH3 is 1. The van der Waals surface area contributed by atoms with E-state index in [9.17, 15) is 4.79 Å². The van der Waals surface area contributed by atoms with Gasteiger partial charge in [-0.2, -0.15) is 0 Å². The molecule has 0 spiro atoms. The highest BCUT2D eigenvalue weighted by atomic mass is 16.5. The number of nitrogens with one attached hydrogen (secondary N) is 1. The number of hydrogen-bond acceptors (Lipinski definition) is 4. The van der Waals surface area contributed by atoms with Crippen molar-refractivity contribution in [2.45, 2.75) is 44.8 Å². The zero-order chi connectivity index (χ0) is 14.7. The number of urea groups is 1. The Morgan fingerprint density at radius 3 is 3.10 bits per heavy atom. The predicted octanol–water partition coefficient (Wildman–Crippen LogP) is 2.42. The summed E-state index contributed by atoms with van der Waals surface area (Å²) in [6, 6.07) is 2.14. The molecule has 6 nitrogen and oxygen atoms in total. The number of likely N-dealkylation sites (tertiary alicyclic amines) is 1. The van der Waals surface area contributed by atoms with Crippen LogP contribution in [0.15, 0.2) is 12.4 Å². The van der Waals surface area contributed by atoms with Crippen molar-refractivity contribution in [3.05, 3.63) is 18.1 Å². The lowest BCUT2D eigenvalue weighted by molar-refractivity contribution is 0.138. The van der Waals surface area contributed by atoms with E-state index in [2.05, 4.69) is 15.3 Å². The van der Waals surface area contributed by atoms with Gasteiger partial charge in [-0.25, -0.2) is 14.8 Å². The standard InChI is InChI=1S/C15H22N4O2/c1-21-9-12-8-14(17-10-16-12)18-15(20)19-7-3-5-11-4-2-6-13(11)19/h8,10-11,13H,2-7,9H2,1H3,(H,16,17,18,20)/t11-,13-/m1/s1. The summed E-state index contributed by atoms with van der Waals surface area (Å²) >= 11 is 0. The molecule has 0 bridgehead atoms. The number of aromatic nitrogens is 2. The van der Waals surface area contributed by atoms with Gasteiger partial charge in [-0.3, -0.25) is 5.32 Å². The van der Waals surface area contributed by atoms with Crippen LogP contribution in [0.3, 0.4) is 0 Å². The second kappa shape index (κ2) is 6.39. The fourth-order valence-electron chi connectivity index (χ4n) is 3.58. The molecule has 2 heterocycles. The molecule has 1 aliphatic heterocycles. The summed E-state index contributed by atoms with van der Waals surface area (Å²) in [6.45, 7) is 1.27. The minimum atomic E-state index is -0.0336. The van der Waals surface area contributed by atoms with Crippen LogP contribution in [0.2, 0.25) is 0 Å². The Morgan fingerprint density at radius 2 is 2.24 bits per heavy atom. The van der Waals surface area contributed by atoms with Gasteiger partial charge in [-0.15, -0.1) is 0 Å². The maximum absolute atomic E-state index is 12.5. The molecule has 3 rings (SSSR count). The number of piperidine rings is 1. The predicted molar refractivity (Wildman–Crippen MR) is 78.8 cm³/mol. The van der Waals surface area contributed by atoms with Crippen LogP contribution in [0.5, 0.6) is 0 Å². The first-order valence-electron chi connectivity index (χ1n) is 7.65. The zero-order valence-corrected chi connectivity index (χ0v) is 12.4. The topological polar surface area (TPSA) is 67.3 Å². The number of amides is 2. The van der Waals surface area contributed by atoms with E-state index in [1.54, 1.807) is 13.2 Å². The summed E-state index contributed by atoms with van der Waals surface area (Å²) < 4.78 is 5.05. The molecular formula is C15H22N4O2. The van der Waals surface area contributed by atoms with Gasteiger partial charge in [0.1, 0.15) is 12.1 Å². The molecule has 2 amide bonds. The second-order valence-corrected chi connectivity index (χ2v) is 5.85. The molecule has 21 heavy (non-hydrogen) atoms. The average Bonchev–Trinajstić information content (AvgIpc) is 2.96. The lowest BCUT2D eigenvalue weighted by Crippen LogP contribution is -2.48. The van der Waals surface area contributed by atoms with Crippen molar-refractivity contribution in [3.63, 3.8) is 0 Å². The quantitative estimate of drug-likeness (QED) is 0.928. The van der Waals surface area contributed by atoms with Crippen LogP contribution >= 0.6 is 0 Å². The summed E-state index contributed by atoms with van der Waals surface area (Å²) in [7, 11) is 1.62. The first kappa shape index (κ1) is 14.3. The van der Waals surface area contributed by atoms with Gasteiger partial charge in [0.05, 0.1) is 12.3 Å². The van der Waals surface area contributed by atoms with Crippen molar-refractivity contribution in [3.8, 4) is 0 Å². The molecule has 0 radical (unpaired) electrons. The summed E-state index contributed by atoms with van der Waals surface area (Å²) in [5.74, 6) is 1.24. The lowest BCUT2D eigenvalue weighted by atomic mass is 9.92. The van der Waals surface area contributed by atoms with Gasteiger partial charge < -0.3 is 9.64 Å². The van der Waals surface area contributed by atoms with E-state index in [0.717, 1.165) is 25.1 Å². The highest BCUT2D eigenvalue weighted by molar-refractivity contribution is 5.88. The van der Waals surface area contributed by atoms with E-state index in [-0.39, 0.29) is 6.03 Å². The molecule has 1 aliphatic carbocycles. The molecule has 1 N–H and O–H groups in total. The summed E-state index contributed by atoms with van der Waals surface area (Å²) in [5, 5.41) is 2.90. The monoisotopic (exact) mass is 290 g/mol. The molecule has 1 aromatic rings.